The fraction of sp³-hybridized carbons (Fsp3) is 0.444. The lowest BCUT2D eigenvalue weighted by Crippen LogP contribution is -2.57. The van der Waals surface area contributed by atoms with Crippen LogP contribution in [0.4, 0.5) is 4.39 Å². The van der Waals surface area contributed by atoms with E-state index in [1.54, 1.807) is 13.0 Å². The highest BCUT2D eigenvalue weighted by Gasteiger charge is 2.32. The molecule has 0 bridgehead atoms. The van der Waals surface area contributed by atoms with Crippen LogP contribution < -0.4 is 5.32 Å². The van der Waals surface area contributed by atoms with Crippen molar-refractivity contribution in [2.75, 3.05) is 20.1 Å². The molecule has 1 fully saturated rings. The normalized spacial score (nSPS) is 27.0. The van der Waals surface area contributed by atoms with E-state index in [1.807, 2.05) is 29.0 Å². The predicted molar refractivity (Wildman–Crippen MR) is 96.3 cm³/mol. The first-order valence-corrected chi connectivity index (χ1v) is 8.73. The van der Waals surface area contributed by atoms with E-state index in [4.69, 9.17) is 11.6 Å². The third kappa shape index (κ3) is 3.70. The van der Waals surface area contributed by atoms with Crippen LogP contribution in [-0.2, 0) is 4.79 Å². The van der Waals surface area contributed by atoms with Gasteiger partial charge in [-0.2, -0.15) is 4.39 Å². The summed E-state index contributed by atoms with van der Waals surface area (Å²) in [6.07, 6.45) is 5.36. The van der Waals surface area contributed by atoms with Crippen molar-refractivity contribution in [3.8, 4) is 0 Å². The molecule has 1 saturated heterocycles. The zero-order valence-electron chi connectivity index (χ0n) is 14.5. The Hall–Kier alpha value is -1.92. The molecule has 25 heavy (non-hydrogen) atoms. The van der Waals surface area contributed by atoms with Crippen LogP contribution in [0.3, 0.4) is 0 Å². The molecule has 1 aromatic heterocycles. The number of carbonyl (C=O) groups excluding carboxylic acids is 1. The van der Waals surface area contributed by atoms with Crippen molar-refractivity contribution in [3.05, 3.63) is 47.6 Å². The second kappa shape index (κ2) is 7.14. The Balaban J connectivity index is 1.97. The van der Waals surface area contributed by atoms with Gasteiger partial charge in [0.15, 0.2) is 0 Å². The average molecular weight is 365 g/mol. The molecule has 0 spiro atoms. The fourth-order valence-electron chi connectivity index (χ4n) is 3.32. The van der Waals surface area contributed by atoms with Gasteiger partial charge in [-0.15, -0.1) is 0 Å². The molecule has 0 aromatic carbocycles. The lowest BCUT2D eigenvalue weighted by Gasteiger charge is -2.41. The van der Waals surface area contributed by atoms with E-state index >= 15 is 0 Å². The molecule has 1 amide bonds. The molecule has 1 aromatic rings. The molecule has 134 valence electrons. The summed E-state index contributed by atoms with van der Waals surface area (Å²) in [5, 5.41) is 3.41. The van der Waals surface area contributed by atoms with E-state index in [2.05, 4.69) is 17.2 Å². The van der Waals surface area contributed by atoms with Crippen molar-refractivity contribution < 1.29 is 9.18 Å². The van der Waals surface area contributed by atoms with Crippen molar-refractivity contribution in [2.24, 2.45) is 0 Å². The van der Waals surface area contributed by atoms with Crippen LogP contribution in [0.15, 0.2) is 36.1 Å². The van der Waals surface area contributed by atoms with Crippen molar-refractivity contribution >= 4 is 23.2 Å². The molecule has 3 heterocycles. The number of nitrogens with one attached hydrogen (secondary N) is 1. The number of hydrogen-bond donors (Lipinski definition) is 1. The maximum Gasteiger partial charge on any atom is 0.220 e. The lowest BCUT2D eigenvalue weighted by atomic mass is 9.96. The zero-order chi connectivity index (χ0) is 18.1. The molecule has 0 aliphatic carbocycles. The smallest absolute Gasteiger partial charge is 0.220 e. The second-order valence-electron chi connectivity index (χ2n) is 6.54. The van der Waals surface area contributed by atoms with Crippen molar-refractivity contribution in [3.63, 3.8) is 0 Å². The standard InChI is InChI=1S/C18H22ClFN4O/c1-11-10-24(12(2)25)16(9-22-11)14-6-15(23(3)17(19)7-14)13-4-5-21-18(20)8-13/h4-8,11,16-17,22H,9-10H2,1-3H3/t11-,16-,17?/m1/s1. The van der Waals surface area contributed by atoms with Gasteiger partial charge in [0.25, 0.3) is 0 Å². The Morgan fingerprint density at radius 1 is 1.48 bits per heavy atom. The summed E-state index contributed by atoms with van der Waals surface area (Å²) in [4.78, 5) is 19.4. The van der Waals surface area contributed by atoms with Gasteiger partial charge in [0.05, 0.1) is 6.04 Å². The van der Waals surface area contributed by atoms with Gasteiger partial charge in [-0.1, -0.05) is 11.6 Å². The van der Waals surface area contributed by atoms with Crippen LogP contribution in [0.2, 0.25) is 0 Å². The van der Waals surface area contributed by atoms with E-state index in [1.165, 1.54) is 12.3 Å². The highest BCUT2D eigenvalue weighted by Crippen LogP contribution is 2.31. The van der Waals surface area contributed by atoms with Crippen LogP contribution in [0.1, 0.15) is 19.4 Å². The molecule has 5 nitrogen and oxygen atoms in total. The number of halogens is 2. The summed E-state index contributed by atoms with van der Waals surface area (Å²) in [7, 11) is 1.86. The molecule has 3 rings (SSSR count). The van der Waals surface area contributed by atoms with Crippen LogP contribution in [0.5, 0.6) is 0 Å². The first-order chi connectivity index (χ1) is 11.9. The summed E-state index contributed by atoms with van der Waals surface area (Å²) in [6, 6.07) is 3.29. The van der Waals surface area contributed by atoms with Gasteiger partial charge < -0.3 is 15.1 Å². The molecule has 1 unspecified atom stereocenters. The molecule has 1 N–H and O–H groups in total. The SMILES string of the molecule is CC(=O)N1C[C@@H](C)NC[C@@H]1C1=CC(Cl)N(C)C(c2ccnc(F)c2)=C1. The minimum atomic E-state index is -0.535. The van der Waals surface area contributed by atoms with Gasteiger partial charge in [0.1, 0.15) is 5.50 Å². The van der Waals surface area contributed by atoms with Crippen molar-refractivity contribution in [2.45, 2.75) is 31.4 Å². The topological polar surface area (TPSA) is 48.5 Å². The van der Waals surface area contributed by atoms with Gasteiger partial charge in [0, 0.05) is 56.6 Å². The first-order valence-electron chi connectivity index (χ1n) is 8.29. The number of piperazine rings is 1. The van der Waals surface area contributed by atoms with Crippen molar-refractivity contribution in [1.29, 1.82) is 0 Å². The first kappa shape index (κ1) is 17.9. The Morgan fingerprint density at radius 3 is 2.92 bits per heavy atom. The van der Waals surface area contributed by atoms with Crippen LogP contribution in [-0.4, -0.2) is 58.4 Å². The van der Waals surface area contributed by atoms with E-state index in [-0.39, 0.29) is 23.5 Å². The third-order valence-electron chi connectivity index (χ3n) is 4.70. The predicted octanol–water partition coefficient (Wildman–Crippen LogP) is 2.21. The van der Waals surface area contributed by atoms with Gasteiger partial charge in [0.2, 0.25) is 11.9 Å². The van der Waals surface area contributed by atoms with Gasteiger partial charge in [-0.3, -0.25) is 4.79 Å². The Bertz CT molecular complexity index is 736. The molecular formula is C18H22ClFN4O. The third-order valence-corrected chi connectivity index (χ3v) is 5.12. The maximum absolute atomic E-state index is 13.5. The average Bonchev–Trinajstić information content (AvgIpc) is 2.57. The minimum absolute atomic E-state index is 0.0363. The van der Waals surface area contributed by atoms with Gasteiger partial charge >= 0.3 is 0 Å². The Morgan fingerprint density at radius 2 is 2.24 bits per heavy atom. The summed E-state index contributed by atoms with van der Waals surface area (Å²) < 4.78 is 13.5. The number of aromatic nitrogens is 1. The largest absolute Gasteiger partial charge is 0.355 e. The molecule has 0 radical (unpaired) electrons. The molecular weight excluding hydrogens is 343 g/mol. The van der Waals surface area contributed by atoms with E-state index in [9.17, 15) is 9.18 Å². The maximum atomic E-state index is 13.5. The summed E-state index contributed by atoms with van der Waals surface area (Å²) in [5.74, 6) is -0.498. The Labute approximate surface area is 152 Å². The minimum Gasteiger partial charge on any atom is -0.355 e. The number of hydrogen-bond acceptors (Lipinski definition) is 4. The number of pyridine rings is 1. The van der Waals surface area contributed by atoms with Gasteiger partial charge in [-0.05, 0) is 30.7 Å². The summed E-state index contributed by atoms with van der Waals surface area (Å²) in [6.45, 7) is 4.95. The highest BCUT2D eigenvalue weighted by molar-refractivity contribution is 6.22. The lowest BCUT2D eigenvalue weighted by molar-refractivity contribution is -0.131. The van der Waals surface area contributed by atoms with Gasteiger partial charge in [-0.25, -0.2) is 4.98 Å². The number of alkyl halides is 1. The van der Waals surface area contributed by atoms with E-state index in [0.29, 0.717) is 18.7 Å². The second-order valence-corrected chi connectivity index (χ2v) is 6.99. The molecule has 2 aliphatic heterocycles. The molecule has 3 atom stereocenters. The number of carbonyl (C=O) groups is 1. The molecule has 2 aliphatic rings. The summed E-state index contributed by atoms with van der Waals surface area (Å²) in [5.41, 5.74) is 2.10. The van der Waals surface area contributed by atoms with Crippen LogP contribution >= 0.6 is 11.6 Å². The monoisotopic (exact) mass is 364 g/mol. The zero-order valence-corrected chi connectivity index (χ0v) is 15.3. The molecule has 0 saturated carbocycles. The van der Waals surface area contributed by atoms with Crippen LogP contribution in [0, 0.1) is 5.95 Å². The number of likely N-dealkylation sites (N-methyl/N-ethyl adjacent to an activating group) is 1. The quantitative estimate of drug-likeness (QED) is 0.496. The highest BCUT2D eigenvalue weighted by atomic mass is 35.5. The van der Waals surface area contributed by atoms with Crippen molar-refractivity contribution in [1.82, 2.24) is 20.1 Å². The summed E-state index contributed by atoms with van der Waals surface area (Å²) >= 11 is 6.50. The fourth-order valence-corrected chi connectivity index (χ4v) is 3.57. The number of rotatable bonds is 2. The van der Waals surface area contributed by atoms with E-state index in [0.717, 1.165) is 11.3 Å². The van der Waals surface area contributed by atoms with Crippen LogP contribution in [0.25, 0.3) is 5.70 Å². The van der Waals surface area contributed by atoms with E-state index < -0.39 is 5.95 Å². The Kier molecular flexibility index (Phi) is 5.11. The number of nitrogens with zero attached hydrogens (tertiary/aromatic N) is 3. The molecule has 7 heteroatoms. The number of amides is 1.